The molecule has 0 atom stereocenters. The number of fused-ring (bicyclic) bond motifs is 1. The first kappa shape index (κ1) is 23.8. The lowest BCUT2D eigenvalue weighted by molar-refractivity contribution is -0.151. The van der Waals surface area contributed by atoms with Crippen LogP contribution in [0.3, 0.4) is 0 Å². The highest BCUT2D eigenvalue weighted by molar-refractivity contribution is 5.91. The number of halogens is 4. The largest absolute Gasteiger partial charge is 0.411 e. The Kier molecular flexibility index (Phi) is 5.51. The molecular weight excluding hydrogens is 498 g/mol. The third-order valence-corrected chi connectivity index (χ3v) is 6.67. The van der Waals surface area contributed by atoms with E-state index in [1.807, 2.05) is 35.0 Å². The molecule has 1 fully saturated rings. The second-order valence-corrected chi connectivity index (χ2v) is 9.32. The standard InChI is InChI=1S/C27H21F4N7/c28-19-5-3-17(4-6-19)21-14-18(13-16-1-7-20(8-2-16)38-12-11-33-15-38)22-23(34-21)24(36-25(32)35-22)37-26(9-10-26)27(29,30)31/h1-8,11-12,14-15H,9-10,13H2,(H3,32,35,36,37). The predicted octanol–water partition coefficient (Wildman–Crippen LogP) is 5.70. The third-order valence-electron chi connectivity index (χ3n) is 6.67. The molecule has 1 aliphatic rings. The molecule has 5 aromatic rings. The SMILES string of the molecule is Nc1nc(NC2(C(F)(F)F)CC2)c2nc(-c3ccc(F)cc3)cc(Cc3ccc(-n4ccnc4)cc3)c2n1. The molecule has 1 saturated carbocycles. The molecule has 0 saturated heterocycles. The monoisotopic (exact) mass is 519 g/mol. The van der Waals surface area contributed by atoms with E-state index in [1.165, 1.54) is 12.1 Å². The number of nitrogens with two attached hydrogens (primary N) is 1. The average molecular weight is 520 g/mol. The molecule has 1 aliphatic carbocycles. The van der Waals surface area contributed by atoms with Crippen molar-refractivity contribution < 1.29 is 17.6 Å². The zero-order valence-corrected chi connectivity index (χ0v) is 19.9. The number of benzene rings is 2. The summed E-state index contributed by atoms with van der Waals surface area (Å²) in [7, 11) is 0. The van der Waals surface area contributed by atoms with Crippen LogP contribution in [0.2, 0.25) is 0 Å². The van der Waals surface area contributed by atoms with Crippen LogP contribution < -0.4 is 11.1 Å². The lowest BCUT2D eigenvalue weighted by atomic mass is 10.0. The van der Waals surface area contributed by atoms with Gasteiger partial charge in [-0.25, -0.2) is 19.3 Å². The zero-order valence-electron chi connectivity index (χ0n) is 19.9. The quantitative estimate of drug-likeness (QED) is 0.280. The van der Waals surface area contributed by atoms with E-state index in [1.54, 1.807) is 30.7 Å². The third kappa shape index (κ3) is 4.40. The van der Waals surface area contributed by atoms with Gasteiger partial charge in [0.2, 0.25) is 5.95 Å². The molecular formula is C27H21F4N7. The van der Waals surface area contributed by atoms with Crippen LogP contribution in [0.4, 0.5) is 29.3 Å². The summed E-state index contributed by atoms with van der Waals surface area (Å²) in [5.41, 5.74) is 8.01. The van der Waals surface area contributed by atoms with Crippen molar-refractivity contribution in [1.82, 2.24) is 24.5 Å². The van der Waals surface area contributed by atoms with Gasteiger partial charge in [-0.15, -0.1) is 0 Å². The van der Waals surface area contributed by atoms with Crippen LogP contribution in [0.15, 0.2) is 73.3 Å². The summed E-state index contributed by atoms with van der Waals surface area (Å²) in [6, 6.07) is 15.3. The van der Waals surface area contributed by atoms with Gasteiger partial charge in [-0.3, -0.25) is 0 Å². The Morgan fingerprint density at radius 3 is 2.32 bits per heavy atom. The number of hydrogen-bond donors (Lipinski definition) is 2. The maximum atomic E-state index is 13.8. The Hall–Kier alpha value is -4.54. The van der Waals surface area contributed by atoms with Crippen molar-refractivity contribution in [2.24, 2.45) is 0 Å². The van der Waals surface area contributed by atoms with Gasteiger partial charge in [-0.05, 0) is 72.9 Å². The topological polar surface area (TPSA) is 94.5 Å². The van der Waals surface area contributed by atoms with Gasteiger partial charge >= 0.3 is 6.18 Å². The van der Waals surface area contributed by atoms with Gasteiger partial charge in [0, 0.05) is 23.6 Å². The smallest absolute Gasteiger partial charge is 0.368 e. The van der Waals surface area contributed by atoms with Gasteiger partial charge in [-0.1, -0.05) is 12.1 Å². The van der Waals surface area contributed by atoms with E-state index in [-0.39, 0.29) is 30.1 Å². The van der Waals surface area contributed by atoms with Crippen molar-refractivity contribution in [2.75, 3.05) is 11.1 Å². The van der Waals surface area contributed by atoms with Gasteiger partial charge < -0.3 is 15.6 Å². The molecule has 6 rings (SSSR count). The summed E-state index contributed by atoms with van der Waals surface area (Å²) in [4.78, 5) is 17.1. The van der Waals surface area contributed by atoms with E-state index in [2.05, 4.69) is 25.3 Å². The maximum absolute atomic E-state index is 13.8. The Morgan fingerprint density at radius 2 is 1.68 bits per heavy atom. The van der Waals surface area contributed by atoms with Crippen LogP contribution in [0.5, 0.6) is 0 Å². The van der Waals surface area contributed by atoms with Crippen LogP contribution in [-0.4, -0.2) is 36.2 Å². The molecule has 0 amide bonds. The zero-order chi connectivity index (χ0) is 26.5. The molecule has 0 aliphatic heterocycles. The minimum Gasteiger partial charge on any atom is -0.368 e. The second kappa shape index (κ2) is 8.79. The number of nitrogens with one attached hydrogen (secondary N) is 1. The molecule has 3 heterocycles. The van der Waals surface area contributed by atoms with Gasteiger partial charge in [-0.2, -0.15) is 18.2 Å². The minimum atomic E-state index is -4.46. The average Bonchev–Trinajstić information content (AvgIpc) is 3.48. The molecule has 0 bridgehead atoms. The minimum absolute atomic E-state index is 0.0737. The summed E-state index contributed by atoms with van der Waals surface area (Å²) in [6.07, 6.45) is 1.01. The summed E-state index contributed by atoms with van der Waals surface area (Å²) in [5, 5.41) is 2.57. The fourth-order valence-corrected chi connectivity index (χ4v) is 4.43. The van der Waals surface area contributed by atoms with Crippen LogP contribution >= 0.6 is 0 Å². The first-order chi connectivity index (χ1) is 18.2. The predicted molar refractivity (Wildman–Crippen MR) is 135 cm³/mol. The van der Waals surface area contributed by atoms with Crippen molar-refractivity contribution in [3.63, 3.8) is 0 Å². The highest BCUT2D eigenvalue weighted by Gasteiger charge is 2.64. The molecule has 3 N–H and O–H groups in total. The molecule has 0 unspecified atom stereocenters. The van der Waals surface area contributed by atoms with E-state index in [9.17, 15) is 17.6 Å². The van der Waals surface area contributed by atoms with Gasteiger partial charge in [0.1, 0.15) is 22.4 Å². The Morgan fingerprint density at radius 1 is 0.947 bits per heavy atom. The van der Waals surface area contributed by atoms with Crippen LogP contribution in [0, 0.1) is 5.82 Å². The number of hydrogen-bond acceptors (Lipinski definition) is 6. The number of aromatic nitrogens is 5. The second-order valence-electron chi connectivity index (χ2n) is 9.32. The molecule has 38 heavy (non-hydrogen) atoms. The lowest BCUT2D eigenvalue weighted by Crippen LogP contribution is -2.39. The molecule has 2 aromatic carbocycles. The van der Waals surface area contributed by atoms with Crippen molar-refractivity contribution in [3.8, 4) is 16.9 Å². The molecule has 0 radical (unpaired) electrons. The first-order valence-electron chi connectivity index (χ1n) is 11.9. The fraction of sp³-hybridized carbons (Fsp3) is 0.185. The number of imidazole rings is 1. The Labute approximate surface area is 214 Å². The van der Waals surface area contributed by atoms with E-state index >= 15 is 0 Å². The summed E-state index contributed by atoms with van der Waals surface area (Å²) >= 11 is 0. The van der Waals surface area contributed by atoms with Gasteiger partial charge in [0.15, 0.2) is 5.82 Å². The van der Waals surface area contributed by atoms with E-state index in [0.717, 1.165) is 11.3 Å². The van der Waals surface area contributed by atoms with E-state index < -0.39 is 17.5 Å². The highest BCUT2D eigenvalue weighted by atomic mass is 19.4. The molecule has 7 nitrogen and oxygen atoms in total. The maximum Gasteiger partial charge on any atom is 0.411 e. The number of nitrogen functional groups attached to an aromatic ring is 1. The van der Waals surface area contributed by atoms with E-state index in [4.69, 9.17) is 5.73 Å². The fourth-order valence-electron chi connectivity index (χ4n) is 4.43. The molecule has 192 valence electrons. The van der Waals surface area contributed by atoms with Gasteiger partial charge in [0.05, 0.1) is 12.0 Å². The number of anilines is 2. The lowest BCUT2D eigenvalue weighted by Gasteiger charge is -2.22. The Balaban J connectivity index is 1.47. The summed E-state index contributed by atoms with van der Waals surface area (Å²) in [5.74, 6) is -0.652. The van der Waals surface area contributed by atoms with Crippen LogP contribution in [0.25, 0.3) is 28.0 Å². The first-order valence-corrected chi connectivity index (χ1v) is 11.9. The summed E-state index contributed by atoms with van der Waals surface area (Å²) in [6.45, 7) is 0. The summed E-state index contributed by atoms with van der Waals surface area (Å²) < 4.78 is 56.8. The van der Waals surface area contributed by atoms with Crippen LogP contribution in [-0.2, 0) is 6.42 Å². The normalized spacial score (nSPS) is 14.5. The van der Waals surface area contributed by atoms with Crippen LogP contribution in [0.1, 0.15) is 24.0 Å². The van der Waals surface area contributed by atoms with Crippen molar-refractivity contribution in [1.29, 1.82) is 0 Å². The van der Waals surface area contributed by atoms with Gasteiger partial charge in [0.25, 0.3) is 0 Å². The number of alkyl halides is 3. The highest BCUT2D eigenvalue weighted by Crippen LogP contribution is 2.51. The molecule has 0 spiro atoms. The molecule has 11 heteroatoms. The molecule has 3 aromatic heterocycles. The number of rotatable bonds is 6. The van der Waals surface area contributed by atoms with Crippen molar-refractivity contribution in [2.45, 2.75) is 31.0 Å². The Bertz CT molecular complexity index is 1610. The van der Waals surface area contributed by atoms with Crippen molar-refractivity contribution in [3.05, 3.63) is 90.3 Å². The van der Waals surface area contributed by atoms with Crippen molar-refractivity contribution >= 4 is 22.8 Å². The number of nitrogens with zero attached hydrogens (tertiary/aromatic N) is 5. The van der Waals surface area contributed by atoms with E-state index in [0.29, 0.717) is 28.8 Å². The number of pyridine rings is 1.